The molecule has 7 nitrogen and oxygen atoms in total. The Morgan fingerprint density at radius 1 is 1.22 bits per heavy atom. The van der Waals surface area contributed by atoms with E-state index in [1.165, 1.54) is 0 Å². The first kappa shape index (κ1) is 15.1. The SMILES string of the molecule is CCOc1ccc(C(=O)NNC(=O)c2cc(C3CC3)[nH]n2)cc1. The van der Waals surface area contributed by atoms with E-state index in [1.54, 1.807) is 30.3 Å². The first-order valence-corrected chi connectivity index (χ1v) is 7.56. The molecule has 1 heterocycles. The van der Waals surface area contributed by atoms with Crippen molar-refractivity contribution in [1.29, 1.82) is 0 Å². The molecule has 0 unspecified atom stereocenters. The van der Waals surface area contributed by atoms with Crippen LogP contribution in [-0.4, -0.2) is 28.6 Å². The molecule has 1 aromatic heterocycles. The molecule has 7 heteroatoms. The second-order valence-electron chi connectivity index (χ2n) is 5.35. The van der Waals surface area contributed by atoms with Crippen molar-refractivity contribution < 1.29 is 14.3 Å². The van der Waals surface area contributed by atoms with E-state index in [2.05, 4.69) is 21.0 Å². The summed E-state index contributed by atoms with van der Waals surface area (Å²) < 4.78 is 5.31. The molecular weight excluding hydrogens is 296 g/mol. The predicted molar refractivity (Wildman–Crippen MR) is 83.1 cm³/mol. The molecule has 120 valence electrons. The van der Waals surface area contributed by atoms with Crippen molar-refractivity contribution >= 4 is 11.8 Å². The van der Waals surface area contributed by atoms with E-state index in [-0.39, 0.29) is 5.69 Å². The highest BCUT2D eigenvalue weighted by Crippen LogP contribution is 2.38. The second kappa shape index (κ2) is 6.51. The first-order valence-electron chi connectivity index (χ1n) is 7.56. The molecule has 0 atom stereocenters. The molecule has 3 N–H and O–H groups in total. The van der Waals surface area contributed by atoms with Crippen LogP contribution in [0.2, 0.25) is 0 Å². The van der Waals surface area contributed by atoms with Crippen LogP contribution in [0.15, 0.2) is 30.3 Å². The molecule has 2 amide bonds. The van der Waals surface area contributed by atoms with Crippen LogP contribution < -0.4 is 15.6 Å². The zero-order valence-electron chi connectivity index (χ0n) is 12.8. The Morgan fingerprint density at radius 3 is 2.57 bits per heavy atom. The van der Waals surface area contributed by atoms with Crippen molar-refractivity contribution in [3.05, 3.63) is 47.3 Å². The van der Waals surface area contributed by atoms with Gasteiger partial charge in [-0.1, -0.05) is 0 Å². The zero-order chi connectivity index (χ0) is 16.2. The second-order valence-corrected chi connectivity index (χ2v) is 5.35. The molecule has 0 radical (unpaired) electrons. The van der Waals surface area contributed by atoms with Crippen LogP contribution in [0.1, 0.15) is 52.2 Å². The van der Waals surface area contributed by atoms with Gasteiger partial charge in [0.15, 0.2) is 5.69 Å². The van der Waals surface area contributed by atoms with Gasteiger partial charge in [0.1, 0.15) is 5.75 Å². The van der Waals surface area contributed by atoms with Crippen LogP contribution in [0.5, 0.6) is 5.75 Å². The van der Waals surface area contributed by atoms with E-state index in [1.807, 2.05) is 6.92 Å². The van der Waals surface area contributed by atoms with E-state index >= 15 is 0 Å². The van der Waals surface area contributed by atoms with Gasteiger partial charge in [-0.3, -0.25) is 25.5 Å². The van der Waals surface area contributed by atoms with E-state index in [0.29, 0.717) is 23.8 Å². The van der Waals surface area contributed by atoms with E-state index in [4.69, 9.17) is 4.74 Å². The Kier molecular flexibility index (Phi) is 4.27. The van der Waals surface area contributed by atoms with Gasteiger partial charge < -0.3 is 4.74 Å². The van der Waals surface area contributed by atoms with E-state index in [9.17, 15) is 9.59 Å². The molecule has 1 saturated carbocycles. The van der Waals surface area contributed by atoms with E-state index in [0.717, 1.165) is 18.5 Å². The summed E-state index contributed by atoms with van der Waals surface area (Å²) in [6.45, 7) is 2.45. The van der Waals surface area contributed by atoms with Crippen LogP contribution in [0.3, 0.4) is 0 Å². The summed E-state index contributed by atoms with van der Waals surface area (Å²) in [6, 6.07) is 8.39. The summed E-state index contributed by atoms with van der Waals surface area (Å²) in [7, 11) is 0. The standard InChI is InChI=1S/C16H18N4O3/c1-2-23-12-7-5-11(6-8-12)15(21)19-20-16(22)14-9-13(17-18-14)10-3-4-10/h5-10H,2-4H2,1H3,(H,17,18)(H,19,21)(H,20,22). The van der Waals surface area contributed by atoms with Crippen LogP contribution >= 0.6 is 0 Å². The summed E-state index contributed by atoms with van der Waals surface area (Å²) >= 11 is 0. The minimum Gasteiger partial charge on any atom is -0.494 e. The summed E-state index contributed by atoms with van der Waals surface area (Å²) in [4.78, 5) is 23.9. The monoisotopic (exact) mass is 314 g/mol. The summed E-state index contributed by atoms with van der Waals surface area (Å²) in [6.07, 6.45) is 2.25. The fraction of sp³-hybridized carbons (Fsp3) is 0.312. The molecular formula is C16H18N4O3. The molecule has 2 aromatic rings. The smallest absolute Gasteiger partial charge is 0.290 e. The highest BCUT2D eigenvalue weighted by atomic mass is 16.5. The maximum atomic E-state index is 12.0. The summed E-state index contributed by atoms with van der Waals surface area (Å²) in [5.74, 6) is 0.325. The van der Waals surface area contributed by atoms with Gasteiger partial charge in [-0.25, -0.2) is 0 Å². The van der Waals surface area contributed by atoms with Gasteiger partial charge in [0.25, 0.3) is 11.8 Å². The molecule has 1 aliphatic carbocycles. The maximum absolute atomic E-state index is 12.0. The molecule has 1 aromatic carbocycles. The van der Waals surface area contributed by atoms with Crippen molar-refractivity contribution in [1.82, 2.24) is 21.0 Å². The van der Waals surface area contributed by atoms with Gasteiger partial charge in [-0.2, -0.15) is 5.10 Å². The van der Waals surface area contributed by atoms with Crippen LogP contribution in [0.4, 0.5) is 0 Å². The number of benzene rings is 1. The first-order chi connectivity index (χ1) is 11.2. The predicted octanol–water partition coefficient (Wildman–Crippen LogP) is 1.76. The number of nitrogens with zero attached hydrogens (tertiary/aromatic N) is 1. The van der Waals surface area contributed by atoms with Gasteiger partial charge in [0.2, 0.25) is 0 Å². The number of carbonyl (C=O) groups is 2. The van der Waals surface area contributed by atoms with Crippen molar-refractivity contribution in [2.45, 2.75) is 25.7 Å². The third kappa shape index (κ3) is 3.68. The topological polar surface area (TPSA) is 96.1 Å². The Labute approximate surface area is 133 Å². The number of nitrogens with one attached hydrogen (secondary N) is 3. The Morgan fingerprint density at radius 2 is 1.91 bits per heavy atom. The minimum absolute atomic E-state index is 0.263. The van der Waals surface area contributed by atoms with Crippen LogP contribution in [0, 0.1) is 0 Å². The molecule has 0 spiro atoms. The third-order valence-electron chi connectivity index (χ3n) is 3.56. The minimum atomic E-state index is -0.451. The van der Waals surface area contributed by atoms with Crippen molar-refractivity contribution in [3.8, 4) is 5.75 Å². The quantitative estimate of drug-likeness (QED) is 0.733. The van der Waals surface area contributed by atoms with Gasteiger partial charge >= 0.3 is 0 Å². The maximum Gasteiger partial charge on any atom is 0.290 e. The highest BCUT2D eigenvalue weighted by Gasteiger charge is 2.26. The number of rotatable bonds is 5. The molecule has 23 heavy (non-hydrogen) atoms. The molecule has 1 fully saturated rings. The molecule has 0 bridgehead atoms. The number of hydrogen-bond donors (Lipinski definition) is 3. The number of H-pyrrole nitrogens is 1. The lowest BCUT2D eigenvalue weighted by Crippen LogP contribution is -2.41. The lowest BCUT2D eigenvalue weighted by Gasteiger charge is -2.07. The lowest BCUT2D eigenvalue weighted by atomic mass is 10.2. The number of ether oxygens (including phenoxy) is 1. The number of aromatic amines is 1. The fourth-order valence-electron chi connectivity index (χ4n) is 2.18. The van der Waals surface area contributed by atoms with Crippen molar-refractivity contribution in [3.63, 3.8) is 0 Å². The molecule has 0 aliphatic heterocycles. The Hall–Kier alpha value is -2.83. The number of carbonyl (C=O) groups excluding carboxylic acids is 2. The van der Waals surface area contributed by atoms with Gasteiger partial charge in [-0.15, -0.1) is 0 Å². The highest BCUT2D eigenvalue weighted by molar-refractivity contribution is 5.98. The average Bonchev–Trinajstić information content (AvgIpc) is 3.30. The fourth-order valence-corrected chi connectivity index (χ4v) is 2.18. The van der Waals surface area contributed by atoms with Crippen LogP contribution in [-0.2, 0) is 0 Å². The summed E-state index contributed by atoms with van der Waals surface area (Å²) in [5, 5.41) is 6.80. The van der Waals surface area contributed by atoms with Gasteiger partial charge in [0.05, 0.1) is 6.61 Å². The number of amides is 2. The zero-order valence-corrected chi connectivity index (χ0v) is 12.8. The normalized spacial score (nSPS) is 13.4. The Balaban J connectivity index is 1.53. The number of aromatic nitrogens is 2. The average molecular weight is 314 g/mol. The Bertz CT molecular complexity index is 704. The molecule has 3 rings (SSSR count). The third-order valence-corrected chi connectivity index (χ3v) is 3.56. The van der Waals surface area contributed by atoms with Crippen LogP contribution in [0.25, 0.3) is 0 Å². The molecule has 0 saturated heterocycles. The number of hydrogen-bond acceptors (Lipinski definition) is 4. The largest absolute Gasteiger partial charge is 0.494 e. The lowest BCUT2D eigenvalue weighted by molar-refractivity contribution is 0.0844. The van der Waals surface area contributed by atoms with Crippen molar-refractivity contribution in [2.75, 3.05) is 6.61 Å². The van der Waals surface area contributed by atoms with Crippen molar-refractivity contribution in [2.24, 2.45) is 0 Å². The van der Waals surface area contributed by atoms with Gasteiger partial charge in [0, 0.05) is 17.2 Å². The number of hydrazine groups is 1. The summed E-state index contributed by atoms with van der Waals surface area (Å²) in [5.41, 5.74) is 6.38. The van der Waals surface area contributed by atoms with Gasteiger partial charge in [-0.05, 0) is 50.1 Å². The molecule has 1 aliphatic rings. The van der Waals surface area contributed by atoms with E-state index < -0.39 is 11.8 Å².